The van der Waals surface area contributed by atoms with Crippen LogP contribution in [-0.4, -0.2) is 12.8 Å². The Morgan fingerprint density at radius 3 is 2.17 bits per heavy atom. The first-order valence-corrected chi connectivity index (χ1v) is 5.07. The summed E-state index contributed by atoms with van der Waals surface area (Å²) in [5.74, 6) is 2.11. The van der Waals surface area contributed by atoms with Gasteiger partial charge >= 0.3 is 0 Å². The maximum Gasteiger partial charge on any atom is 0.0413 e. The molecule has 0 aliphatic carbocycles. The maximum absolute atomic E-state index is 4.44. The first kappa shape index (κ1) is 11.7. The Morgan fingerprint density at radius 1 is 1.17 bits per heavy atom. The molecule has 0 aliphatic heterocycles. The van der Waals surface area contributed by atoms with Gasteiger partial charge in [-0.05, 0) is 24.2 Å². The maximum atomic E-state index is 4.44. The summed E-state index contributed by atoms with van der Waals surface area (Å²) in [6.07, 6.45) is 3.29. The summed E-state index contributed by atoms with van der Waals surface area (Å²) in [6.45, 7) is 12.2. The van der Waals surface area contributed by atoms with Gasteiger partial charge in [-0.3, -0.25) is 4.99 Å². The minimum atomic E-state index is 0.643. The Morgan fingerprint density at radius 2 is 1.75 bits per heavy atom. The lowest BCUT2D eigenvalue weighted by atomic mass is 9.98. The zero-order valence-electron chi connectivity index (χ0n) is 9.17. The lowest BCUT2D eigenvalue weighted by Gasteiger charge is -2.12. The molecular weight excluding hydrogens is 146 g/mol. The average molecular weight is 169 g/mol. The molecule has 0 N–H and O–H groups in total. The second kappa shape index (κ2) is 6.22. The van der Waals surface area contributed by atoms with Crippen molar-refractivity contribution in [3.8, 4) is 0 Å². The van der Waals surface area contributed by atoms with Gasteiger partial charge in [0.15, 0.2) is 0 Å². The topological polar surface area (TPSA) is 12.4 Å². The van der Waals surface area contributed by atoms with Crippen molar-refractivity contribution >= 4 is 6.21 Å². The van der Waals surface area contributed by atoms with E-state index < -0.39 is 0 Å². The standard InChI is InChI=1S/C11H23N/c1-6-10(4)7-12-8-11(5)9(2)3/h7,9-11H,6,8H2,1-5H3. The highest BCUT2D eigenvalue weighted by atomic mass is 14.7. The highest BCUT2D eigenvalue weighted by molar-refractivity contribution is 5.59. The molecule has 2 unspecified atom stereocenters. The first-order valence-electron chi connectivity index (χ1n) is 5.07. The van der Waals surface area contributed by atoms with Gasteiger partial charge in [0.05, 0.1) is 0 Å². The van der Waals surface area contributed by atoms with Gasteiger partial charge in [-0.25, -0.2) is 0 Å². The smallest absolute Gasteiger partial charge is 0.0413 e. The Kier molecular flexibility index (Phi) is 6.04. The van der Waals surface area contributed by atoms with Gasteiger partial charge in [0, 0.05) is 12.8 Å². The van der Waals surface area contributed by atoms with Crippen LogP contribution in [-0.2, 0) is 0 Å². The second-order valence-electron chi connectivity index (χ2n) is 4.12. The molecule has 0 heterocycles. The fraction of sp³-hybridized carbons (Fsp3) is 0.909. The normalized spacial score (nSPS) is 17.2. The van der Waals surface area contributed by atoms with Gasteiger partial charge in [-0.15, -0.1) is 0 Å². The van der Waals surface area contributed by atoms with E-state index in [-0.39, 0.29) is 0 Å². The fourth-order valence-corrected chi connectivity index (χ4v) is 0.723. The number of rotatable bonds is 5. The van der Waals surface area contributed by atoms with E-state index in [2.05, 4.69) is 45.8 Å². The summed E-state index contributed by atoms with van der Waals surface area (Å²) in [6, 6.07) is 0. The van der Waals surface area contributed by atoms with Crippen LogP contribution in [0.1, 0.15) is 41.0 Å². The SMILES string of the molecule is CCC(C)C=NCC(C)C(C)C. The largest absolute Gasteiger partial charge is 0.297 e. The average Bonchev–Trinajstić information content (AvgIpc) is 2.03. The molecule has 2 atom stereocenters. The van der Waals surface area contributed by atoms with Crippen molar-refractivity contribution in [1.82, 2.24) is 0 Å². The number of hydrogen-bond donors (Lipinski definition) is 0. The van der Waals surface area contributed by atoms with Crippen LogP contribution in [0, 0.1) is 17.8 Å². The van der Waals surface area contributed by atoms with Crippen molar-refractivity contribution in [2.75, 3.05) is 6.54 Å². The van der Waals surface area contributed by atoms with E-state index in [1.807, 2.05) is 0 Å². The van der Waals surface area contributed by atoms with E-state index in [0.717, 1.165) is 12.5 Å². The van der Waals surface area contributed by atoms with Crippen molar-refractivity contribution < 1.29 is 0 Å². The minimum Gasteiger partial charge on any atom is -0.297 e. The molecule has 0 aromatic rings. The van der Waals surface area contributed by atoms with Gasteiger partial charge in [0.2, 0.25) is 0 Å². The molecule has 1 nitrogen and oxygen atoms in total. The third kappa shape index (κ3) is 5.34. The Balaban J connectivity index is 3.59. The molecule has 1 heteroatoms. The van der Waals surface area contributed by atoms with E-state index in [0.29, 0.717) is 11.8 Å². The molecule has 0 radical (unpaired) electrons. The molecule has 0 aromatic carbocycles. The molecule has 0 rings (SSSR count). The van der Waals surface area contributed by atoms with Crippen molar-refractivity contribution in [2.45, 2.75) is 41.0 Å². The second-order valence-corrected chi connectivity index (χ2v) is 4.12. The van der Waals surface area contributed by atoms with Gasteiger partial charge < -0.3 is 0 Å². The Labute approximate surface area is 77.3 Å². The van der Waals surface area contributed by atoms with E-state index in [4.69, 9.17) is 0 Å². The van der Waals surface area contributed by atoms with Crippen LogP contribution in [0.4, 0.5) is 0 Å². The molecule has 0 aliphatic rings. The van der Waals surface area contributed by atoms with Crippen molar-refractivity contribution in [3.05, 3.63) is 0 Å². The summed E-state index contributed by atoms with van der Waals surface area (Å²) >= 11 is 0. The van der Waals surface area contributed by atoms with Crippen LogP contribution in [0.25, 0.3) is 0 Å². The van der Waals surface area contributed by atoms with Crippen molar-refractivity contribution in [3.63, 3.8) is 0 Å². The van der Waals surface area contributed by atoms with Gasteiger partial charge in [0.25, 0.3) is 0 Å². The third-order valence-electron chi connectivity index (χ3n) is 2.54. The van der Waals surface area contributed by atoms with Crippen molar-refractivity contribution in [2.24, 2.45) is 22.7 Å². The lowest BCUT2D eigenvalue weighted by molar-refractivity contribution is 0.430. The molecule has 0 bridgehead atoms. The Bertz CT molecular complexity index is 127. The Hall–Kier alpha value is -0.330. The molecule has 12 heavy (non-hydrogen) atoms. The zero-order valence-corrected chi connectivity index (χ0v) is 9.17. The minimum absolute atomic E-state index is 0.643. The van der Waals surface area contributed by atoms with Crippen LogP contribution in [0.15, 0.2) is 4.99 Å². The van der Waals surface area contributed by atoms with Gasteiger partial charge in [-0.2, -0.15) is 0 Å². The number of hydrogen-bond acceptors (Lipinski definition) is 1. The highest BCUT2D eigenvalue weighted by Gasteiger charge is 2.04. The molecule has 0 saturated heterocycles. The molecule has 0 fully saturated rings. The highest BCUT2D eigenvalue weighted by Crippen LogP contribution is 2.09. The monoisotopic (exact) mass is 169 g/mol. The summed E-state index contributed by atoms with van der Waals surface area (Å²) in [7, 11) is 0. The van der Waals surface area contributed by atoms with Gasteiger partial charge in [0.1, 0.15) is 0 Å². The van der Waals surface area contributed by atoms with E-state index >= 15 is 0 Å². The molecule has 0 aromatic heterocycles. The lowest BCUT2D eigenvalue weighted by Crippen LogP contribution is -2.08. The molecule has 72 valence electrons. The number of nitrogens with zero attached hydrogens (tertiary/aromatic N) is 1. The van der Waals surface area contributed by atoms with Crippen LogP contribution < -0.4 is 0 Å². The third-order valence-corrected chi connectivity index (χ3v) is 2.54. The number of aliphatic imine (C=N–C) groups is 1. The predicted molar refractivity (Wildman–Crippen MR) is 56.8 cm³/mol. The van der Waals surface area contributed by atoms with E-state index in [1.54, 1.807) is 0 Å². The van der Waals surface area contributed by atoms with Crippen LogP contribution in [0.5, 0.6) is 0 Å². The van der Waals surface area contributed by atoms with Gasteiger partial charge in [-0.1, -0.05) is 34.6 Å². The van der Waals surface area contributed by atoms with E-state index in [1.165, 1.54) is 6.42 Å². The van der Waals surface area contributed by atoms with Crippen molar-refractivity contribution in [1.29, 1.82) is 0 Å². The van der Waals surface area contributed by atoms with E-state index in [9.17, 15) is 0 Å². The molecule has 0 saturated carbocycles. The van der Waals surface area contributed by atoms with Crippen LogP contribution in [0.2, 0.25) is 0 Å². The summed E-state index contributed by atoms with van der Waals surface area (Å²) in [4.78, 5) is 4.44. The summed E-state index contributed by atoms with van der Waals surface area (Å²) < 4.78 is 0. The fourth-order valence-electron chi connectivity index (χ4n) is 0.723. The quantitative estimate of drug-likeness (QED) is 0.559. The molecular formula is C11H23N. The first-order chi connectivity index (χ1) is 5.57. The molecule has 0 spiro atoms. The predicted octanol–water partition coefficient (Wildman–Crippen LogP) is 3.40. The molecule has 0 amide bonds. The summed E-state index contributed by atoms with van der Waals surface area (Å²) in [5.41, 5.74) is 0. The van der Waals surface area contributed by atoms with Crippen LogP contribution in [0.3, 0.4) is 0 Å². The van der Waals surface area contributed by atoms with Crippen LogP contribution >= 0.6 is 0 Å². The summed E-state index contributed by atoms with van der Waals surface area (Å²) in [5, 5.41) is 0. The zero-order chi connectivity index (χ0) is 9.56.